The Hall–Kier alpha value is -1.72. The topological polar surface area (TPSA) is 47.8 Å². The Morgan fingerprint density at radius 2 is 2.00 bits per heavy atom. The molecule has 0 radical (unpaired) electrons. The highest BCUT2D eigenvalue weighted by atomic mass is 35.5. The third-order valence-corrected chi connectivity index (χ3v) is 5.10. The van der Waals surface area contributed by atoms with Crippen molar-refractivity contribution in [1.29, 1.82) is 0 Å². The first-order valence-electron chi connectivity index (χ1n) is 8.02. The molecule has 0 bridgehead atoms. The van der Waals surface area contributed by atoms with Gasteiger partial charge in [-0.3, -0.25) is 4.79 Å². The zero-order valence-corrected chi connectivity index (χ0v) is 15.8. The Balaban J connectivity index is 1.96. The van der Waals surface area contributed by atoms with Crippen LogP contribution in [0.2, 0.25) is 5.28 Å². The predicted molar refractivity (Wildman–Crippen MR) is 99.4 cm³/mol. The summed E-state index contributed by atoms with van der Waals surface area (Å²) >= 11 is 7.80. The number of hydrogen-bond acceptors (Lipinski definition) is 4. The first kappa shape index (κ1) is 17.1. The number of aromatic nitrogens is 3. The molecule has 1 aromatic carbocycles. The lowest BCUT2D eigenvalue weighted by Gasteiger charge is -2.09. The van der Waals surface area contributed by atoms with Crippen molar-refractivity contribution in [3.63, 3.8) is 0 Å². The monoisotopic (exact) mass is 361 g/mol. The summed E-state index contributed by atoms with van der Waals surface area (Å²) < 4.78 is 1.94. The third-order valence-electron chi connectivity index (χ3n) is 3.97. The second-order valence-electron chi connectivity index (χ2n) is 6.44. The van der Waals surface area contributed by atoms with Crippen LogP contribution < -0.4 is 0 Å². The number of carbonyl (C=O) groups is 1. The summed E-state index contributed by atoms with van der Waals surface area (Å²) in [5.74, 6) is 0.393. The van der Waals surface area contributed by atoms with Gasteiger partial charge in [-0.15, -0.1) is 11.3 Å². The molecular formula is C18H20ClN3OS. The Morgan fingerprint density at radius 1 is 1.25 bits per heavy atom. The van der Waals surface area contributed by atoms with Crippen LogP contribution in [0.25, 0.3) is 11.0 Å². The summed E-state index contributed by atoms with van der Waals surface area (Å²) in [5.41, 5.74) is 3.20. The molecule has 0 spiro atoms. The van der Waals surface area contributed by atoms with Crippen molar-refractivity contribution in [1.82, 2.24) is 14.5 Å². The second-order valence-corrected chi connectivity index (χ2v) is 7.72. The Morgan fingerprint density at radius 3 is 2.62 bits per heavy atom. The van der Waals surface area contributed by atoms with Crippen molar-refractivity contribution in [3.8, 4) is 0 Å². The largest absolute Gasteiger partial charge is 0.312 e. The molecule has 0 unspecified atom stereocenters. The van der Waals surface area contributed by atoms with Crippen molar-refractivity contribution in [2.75, 3.05) is 0 Å². The van der Waals surface area contributed by atoms with Gasteiger partial charge >= 0.3 is 0 Å². The van der Waals surface area contributed by atoms with E-state index in [0.717, 1.165) is 16.2 Å². The molecule has 0 atom stereocenters. The van der Waals surface area contributed by atoms with Crippen molar-refractivity contribution < 1.29 is 4.79 Å². The second kappa shape index (κ2) is 6.65. The molecule has 0 fully saturated rings. The molecular weight excluding hydrogens is 342 g/mol. The van der Waals surface area contributed by atoms with E-state index in [4.69, 9.17) is 11.6 Å². The van der Waals surface area contributed by atoms with Gasteiger partial charge in [0.2, 0.25) is 5.28 Å². The summed E-state index contributed by atoms with van der Waals surface area (Å²) in [6, 6.07) is 5.83. The van der Waals surface area contributed by atoms with Gasteiger partial charge in [-0.05, 0) is 43.5 Å². The van der Waals surface area contributed by atoms with Gasteiger partial charge in [-0.2, -0.15) is 0 Å². The Labute approximate surface area is 150 Å². The highest BCUT2D eigenvalue weighted by Crippen LogP contribution is 2.27. The first-order valence-corrected chi connectivity index (χ1v) is 9.28. The number of para-hydroxylation sites is 1. The van der Waals surface area contributed by atoms with E-state index < -0.39 is 0 Å². The van der Waals surface area contributed by atoms with Gasteiger partial charge in [0.25, 0.3) is 0 Å². The molecule has 0 aliphatic heterocycles. The van der Waals surface area contributed by atoms with Gasteiger partial charge in [0.05, 0.1) is 17.6 Å². The molecule has 2 aromatic heterocycles. The molecule has 0 saturated carbocycles. The predicted octanol–water partition coefficient (Wildman–Crippen LogP) is 5.28. The maximum absolute atomic E-state index is 12.8. The maximum Gasteiger partial charge on any atom is 0.204 e. The summed E-state index contributed by atoms with van der Waals surface area (Å²) in [4.78, 5) is 21.7. The lowest BCUT2D eigenvalue weighted by Crippen LogP contribution is -2.05. The van der Waals surface area contributed by atoms with E-state index in [1.807, 2.05) is 42.0 Å². The number of fused-ring (bicyclic) bond motifs is 1. The number of ketones is 1. The molecule has 4 nitrogen and oxygen atoms in total. The van der Waals surface area contributed by atoms with Crippen molar-refractivity contribution >= 4 is 39.8 Å². The number of rotatable bonds is 5. The highest BCUT2D eigenvalue weighted by molar-refractivity contribution is 7.09. The van der Waals surface area contributed by atoms with E-state index in [1.54, 1.807) is 0 Å². The van der Waals surface area contributed by atoms with E-state index in [-0.39, 0.29) is 11.8 Å². The van der Waals surface area contributed by atoms with Crippen LogP contribution >= 0.6 is 22.9 Å². The zero-order valence-electron chi connectivity index (χ0n) is 14.2. The van der Waals surface area contributed by atoms with Crippen LogP contribution in [0.15, 0.2) is 23.6 Å². The number of halogens is 1. The van der Waals surface area contributed by atoms with E-state index in [9.17, 15) is 4.79 Å². The maximum atomic E-state index is 12.8. The van der Waals surface area contributed by atoms with Gasteiger partial charge < -0.3 is 4.57 Å². The molecule has 0 aliphatic carbocycles. The van der Waals surface area contributed by atoms with Crippen LogP contribution in [0.3, 0.4) is 0 Å². The molecule has 0 amide bonds. The van der Waals surface area contributed by atoms with Gasteiger partial charge in [0, 0.05) is 17.0 Å². The first-order chi connectivity index (χ1) is 11.4. The normalized spacial score (nSPS) is 11.8. The number of imidazole rings is 1. The van der Waals surface area contributed by atoms with Crippen LogP contribution in [-0.4, -0.2) is 20.3 Å². The molecule has 24 heavy (non-hydrogen) atoms. The standard InChI is InChI=1S/C18H20ClN3OS/c1-10(2)13-9-24-16(20-13)8-15(23)12-6-5-7-14-17(12)21-18(19)22(14)11(3)4/h5-7,9-11H,8H2,1-4H3. The molecule has 0 N–H and O–H groups in total. The van der Waals surface area contributed by atoms with E-state index in [1.165, 1.54) is 11.3 Å². The van der Waals surface area contributed by atoms with E-state index in [2.05, 4.69) is 23.8 Å². The molecule has 2 heterocycles. The number of thiazole rings is 1. The van der Waals surface area contributed by atoms with Crippen LogP contribution in [0, 0.1) is 0 Å². The zero-order chi connectivity index (χ0) is 17.4. The molecule has 126 valence electrons. The van der Waals surface area contributed by atoms with Crippen LogP contribution in [0.1, 0.15) is 60.7 Å². The average molecular weight is 362 g/mol. The van der Waals surface area contributed by atoms with Gasteiger partial charge in [0.1, 0.15) is 10.5 Å². The summed E-state index contributed by atoms with van der Waals surface area (Å²) in [5, 5.41) is 3.28. The summed E-state index contributed by atoms with van der Waals surface area (Å²) in [7, 11) is 0. The fourth-order valence-corrected chi connectivity index (χ4v) is 4.03. The summed E-state index contributed by atoms with van der Waals surface area (Å²) in [6.45, 7) is 8.29. The Kier molecular flexibility index (Phi) is 4.74. The number of benzene rings is 1. The highest BCUT2D eigenvalue weighted by Gasteiger charge is 2.19. The minimum atomic E-state index is 0.0235. The molecule has 0 aliphatic rings. The van der Waals surface area contributed by atoms with Gasteiger partial charge in [-0.1, -0.05) is 19.9 Å². The van der Waals surface area contributed by atoms with Crippen molar-refractivity contribution in [3.05, 3.63) is 45.1 Å². The van der Waals surface area contributed by atoms with Gasteiger partial charge in [-0.25, -0.2) is 9.97 Å². The fourth-order valence-electron chi connectivity index (χ4n) is 2.71. The van der Waals surface area contributed by atoms with Crippen LogP contribution in [-0.2, 0) is 6.42 Å². The number of carbonyl (C=O) groups excluding carboxylic acids is 1. The van der Waals surface area contributed by atoms with Crippen LogP contribution in [0.5, 0.6) is 0 Å². The molecule has 3 aromatic rings. The number of Topliss-reactive ketones (excluding diaryl/α,β-unsaturated/α-hetero) is 1. The lowest BCUT2D eigenvalue weighted by molar-refractivity contribution is 0.0994. The number of hydrogen-bond donors (Lipinski definition) is 0. The van der Waals surface area contributed by atoms with Gasteiger partial charge in [0.15, 0.2) is 5.78 Å². The minimum absolute atomic E-state index is 0.0235. The van der Waals surface area contributed by atoms with Crippen molar-refractivity contribution in [2.45, 2.75) is 46.1 Å². The quantitative estimate of drug-likeness (QED) is 0.581. The average Bonchev–Trinajstić information content (AvgIpc) is 3.09. The summed E-state index contributed by atoms with van der Waals surface area (Å²) in [6.07, 6.45) is 0.294. The minimum Gasteiger partial charge on any atom is -0.312 e. The SMILES string of the molecule is CC(C)c1csc(CC(=O)c2cccc3c2nc(Cl)n3C(C)C)n1. The fraction of sp³-hybridized carbons (Fsp3) is 0.389. The third kappa shape index (κ3) is 3.10. The Bertz CT molecular complexity index is 895. The van der Waals surface area contributed by atoms with Crippen molar-refractivity contribution in [2.24, 2.45) is 0 Å². The molecule has 0 saturated heterocycles. The number of nitrogens with zero attached hydrogens (tertiary/aromatic N) is 3. The van der Waals surface area contributed by atoms with E-state index in [0.29, 0.717) is 28.7 Å². The molecule has 6 heteroatoms. The van der Waals surface area contributed by atoms with Crippen LogP contribution in [0.4, 0.5) is 0 Å². The lowest BCUT2D eigenvalue weighted by atomic mass is 10.1. The smallest absolute Gasteiger partial charge is 0.204 e. The van der Waals surface area contributed by atoms with E-state index >= 15 is 0 Å². The molecule has 3 rings (SSSR count).